The molecule has 0 aromatic rings. The van der Waals surface area contributed by atoms with E-state index in [1.807, 2.05) is 0 Å². The largest absolute Gasteiger partial charge is 0.460 e. The van der Waals surface area contributed by atoms with E-state index in [1.54, 1.807) is 13.8 Å². The highest BCUT2D eigenvalue weighted by atomic mass is 19.4. The van der Waals surface area contributed by atoms with Crippen LogP contribution in [0.2, 0.25) is 0 Å². The van der Waals surface area contributed by atoms with E-state index < -0.39 is 60.3 Å². The van der Waals surface area contributed by atoms with E-state index in [2.05, 4.69) is 0 Å². The predicted molar refractivity (Wildman–Crippen MR) is 78.7 cm³/mol. The van der Waals surface area contributed by atoms with Crippen LogP contribution in [0.3, 0.4) is 0 Å². The van der Waals surface area contributed by atoms with Gasteiger partial charge >= 0.3 is 35.8 Å². The van der Waals surface area contributed by atoms with Gasteiger partial charge in [-0.1, -0.05) is 13.8 Å². The Hall–Kier alpha value is -0.990. The molecule has 1 aliphatic heterocycles. The molecule has 0 aliphatic carbocycles. The molecule has 0 saturated carbocycles. The predicted octanol–water partition coefficient (Wildman–Crippen LogP) is 6.68. The van der Waals surface area contributed by atoms with E-state index in [1.165, 1.54) is 0 Å². The molecule has 15 heteroatoms. The summed E-state index contributed by atoms with van der Waals surface area (Å²) in [6, 6.07) is 0. The van der Waals surface area contributed by atoms with Crippen LogP contribution < -0.4 is 0 Å². The van der Waals surface area contributed by atoms with Gasteiger partial charge in [-0.2, -0.15) is 57.1 Å². The molecule has 1 aliphatic rings. The summed E-state index contributed by atoms with van der Waals surface area (Å²) in [5, 5.41) is 0. The van der Waals surface area contributed by atoms with Crippen molar-refractivity contribution in [3.63, 3.8) is 0 Å². The molecule has 31 heavy (non-hydrogen) atoms. The van der Waals surface area contributed by atoms with Gasteiger partial charge in [-0.05, 0) is 19.3 Å². The van der Waals surface area contributed by atoms with Crippen LogP contribution in [-0.4, -0.2) is 54.8 Å². The fourth-order valence-corrected chi connectivity index (χ4v) is 2.80. The van der Waals surface area contributed by atoms with Crippen molar-refractivity contribution in [2.24, 2.45) is 5.92 Å². The van der Waals surface area contributed by atoms with Gasteiger partial charge in [0.25, 0.3) is 0 Å². The molecule has 1 rings (SSSR count). The van der Waals surface area contributed by atoms with E-state index in [9.17, 15) is 57.1 Å². The van der Waals surface area contributed by atoms with Crippen LogP contribution in [0.4, 0.5) is 57.1 Å². The van der Waals surface area contributed by atoms with E-state index in [4.69, 9.17) is 9.47 Å². The molecule has 1 heterocycles. The average Bonchev–Trinajstić information content (AvgIpc) is 2.65. The van der Waals surface area contributed by atoms with Gasteiger partial charge in [0, 0.05) is 12.3 Å². The zero-order valence-corrected chi connectivity index (χ0v) is 16.1. The molecule has 0 radical (unpaired) electrons. The summed E-state index contributed by atoms with van der Waals surface area (Å²) >= 11 is 0. The zero-order valence-electron chi connectivity index (χ0n) is 16.1. The molecule has 186 valence electrons. The van der Waals surface area contributed by atoms with E-state index >= 15 is 0 Å². The molecular weight excluding hydrogens is 471 g/mol. The number of halogens is 13. The quantitative estimate of drug-likeness (QED) is 0.336. The highest BCUT2D eigenvalue weighted by Gasteiger charge is 2.90. The van der Waals surface area contributed by atoms with Gasteiger partial charge in [0.05, 0.1) is 13.2 Å². The summed E-state index contributed by atoms with van der Waals surface area (Å²) in [7, 11) is 0. The van der Waals surface area contributed by atoms with Crippen LogP contribution in [0.5, 0.6) is 0 Å². The normalized spacial score (nSPS) is 20.2. The van der Waals surface area contributed by atoms with Gasteiger partial charge in [-0.15, -0.1) is 0 Å². The summed E-state index contributed by atoms with van der Waals surface area (Å²) in [4.78, 5) is 0. The van der Waals surface area contributed by atoms with Crippen LogP contribution in [-0.2, 0) is 9.47 Å². The Kier molecular flexibility index (Phi) is 7.61. The van der Waals surface area contributed by atoms with E-state index in [0.717, 1.165) is 0 Å². The third kappa shape index (κ3) is 4.58. The van der Waals surface area contributed by atoms with Crippen molar-refractivity contribution >= 4 is 0 Å². The van der Waals surface area contributed by atoms with Crippen molar-refractivity contribution < 1.29 is 66.5 Å². The lowest BCUT2D eigenvalue weighted by atomic mass is 9.90. The Morgan fingerprint density at radius 3 is 1.39 bits per heavy atom. The van der Waals surface area contributed by atoms with Gasteiger partial charge in [-0.3, -0.25) is 0 Å². The molecule has 0 bridgehead atoms. The van der Waals surface area contributed by atoms with Gasteiger partial charge in [0.1, 0.15) is 0 Å². The third-order valence-corrected chi connectivity index (χ3v) is 5.11. The minimum atomic E-state index is -7.87. The third-order valence-electron chi connectivity index (χ3n) is 5.11. The second-order valence-corrected chi connectivity index (χ2v) is 7.14. The van der Waals surface area contributed by atoms with Crippen molar-refractivity contribution in [3.8, 4) is 0 Å². The van der Waals surface area contributed by atoms with E-state index in [-0.39, 0.29) is 13.2 Å². The smallest absolute Gasteiger partial charge is 0.350 e. The van der Waals surface area contributed by atoms with Gasteiger partial charge in [0.15, 0.2) is 5.79 Å². The molecule has 1 saturated heterocycles. The first-order valence-corrected chi connectivity index (χ1v) is 8.89. The van der Waals surface area contributed by atoms with E-state index in [0.29, 0.717) is 12.8 Å². The summed E-state index contributed by atoms with van der Waals surface area (Å²) in [6.45, 7) is 2.61. The van der Waals surface area contributed by atoms with Crippen molar-refractivity contribution in [2.75, 3.05) is 13.2 Å². The van der Waals surface area contributed by atoms with Crippen molar-refractivity contribution in [2.45, 2.75) is 81.1 Å². The topological polar surface area (TPSA) is 18.5 Å². The molecule has 0 unspecified atom stereocenters. The molecule has 0 atom stereocenters. The highest BCUT2D eigenvalue weighted by Crippen LogP contribution is 2.60. The van der Waals surface area contributed by atoms with Crippen LogP contribution >= 0.6 is 0 Å². The minimum Gasteiger partial charge on any atom is -0.350 e. The Bertz CT molecular complexity index is 601. The summed E-state index contributed by atoms with van der Waals surface area (Å²) in [6.07, 6.45) is -10.1. The van der Waals surface area contributed by atoms with Gasteiger partial charge in [-0.25, -0.2) is 0 Å². The lowest BCUT2D eigenvalue weighted by Crippen LogP contribution is -2.70. The maximum Gasteiger partial charge on any atom is 0.460 e. The first-order valence-electron chi connectivity index (χ1n) is 8.89. The number of hydrogen-bond acceptors (Lipinski definition) is 2. The summed E-state index contributed by atoms with van der Waals surface area (Å²) < 4.78 is 180. The molecule has 0 aromatic carbocycles. The van der Waals surface area contributed by atoms with Crippen LogP contribution in [0.15, 0.2) is 0 Å². The summed E-state index contributed by atoms with van der Waals surface area (Å²) in [5.41, 5.74) is 0. The van der Waals surface area contributed by atoms with Crippen molar-refractivity contribution in [1.82, 2.24) is 0 Å². The van der Waals surface area contributed by atoms with Crippen LogP contribution in [0, 0.1) is 5.92 Å². The first kappa shape index (κ1) is 28.0. The van der Waals surface area contributed by atoms with Crippen LogP contribution in [0.25, 0.3) is 0 Å². The first-order chi connectivity index (χ1) is 13.7. The maximum absolute atomic E-state index is 13.8. The fraction of sp³-hybridized carbons (Fsp3) is 1.00. The second kappa shape index (κ2) is 8.41. The summed E-state index contributed by atoms with van der Waals surface area (Å²) in [5.74, 6) is -38.8. The SMILES string of the molecule is CCC1(CC)OCC(CCC(F)(F)C(F)(F)C(F)(F)C(F)(F)C(F)(F)C(F)(F)F)CO1. The highest BCUT2D eigenvalue weighted by molar-refractivity contribution is 5.10. The molecule has 1 fully saturated rings. The Morgan fingerprint density at radius 2 is 1.03 bits per heavy atom. The molecule has 2 nitrogen and oxygen atoms in total. The number of hydrogen-bond donors (Lipinski definition) is 0. The number of ether oxygens (including phenoxy) is 2. The monoisotopic (exact) mass is 490 g/mol. The maximum atomic E-state index is 13.8. The number of alkyl halides is 13. The molecule has 0 aromatic heterocycles. The van der Waals surface area contributed by atoms with Gasteiger partial charge < -0.3 is 9.47 Å². The van der Waals surface area contributed by atoms with Gasteiger partial charge in [0.2, 0.25) is 0 Å². The fourth-order valence-electron chi connectivity index (χ4n) is 2.80. The average molecular weight is 490 g/mol. The molecule has 0 amide bonds. The molecule has 0 spiro atoms. The van der Waals surface area contributed by atoms with Crippen molar-refractivity contribution in [1.29, 1.82) is 0 Å². The van der Waals surface area contributed by atoms with Crippen molar-refractivity contribution in [3.05, 3.63) is 0 Å². The molecular formula is C16H19F13O2. The zero-order chi connectivity index (χ0) is 24.7. The second-order valence-electron chi connectivity index (χ2n) is 7.14. The molecule has 0 N–H and O–H groups in total. The Labute approximate surface area is 168 Å². The lowest BCUT2D eigenvalue weighted by Gasteiger charge is -2.41. The Morgan fingerprint density at radius 1 is 0.645 bits per heavy atom. The van der Waals surface area contributed by atoms with Crippen LogP contribution in [0.1, 0.15) is 39.5 Å². The minimum absolute atomic E-state index is 0.319. The lowest BCUT2D eigenvalue weighted by molar-refractivity contribution is -0.440. The Balaban J connectivity index is 3.02. The standard InChI is InChI=1S/C16H19F13O2/c1-3-10(4-2)30-7-9(8-31-10)5-6-11(17,18)12(19,20)13(21,22)14(23,24)15(25,26)16(27,28)29/h9H,3-8H2,1-2H3. The number of rotatable bonds is 9.